The first-order valence-corrected chi connectivity index (χ1v) is 7.49. The monoisotopic (exact) mass is 1500 g/mol. The van der Waals surface area contributed by atoms with Gasteiger partial charge in [-0.1, -0.05) is 0 Å². The third-order valence-electron chi connectivity index (χ3n) is 2.78. The smallest absolute Gasteiger partial charge is 0.470 e. The second-order valence-electron chi connectivity index (χ2n) is 4.13. The minimum absolute atomic E-state index is 0. The topological polar surface area (TPSA) is 0 Å². The number of hydrogen-bond donors (Lipinski definition) is 0. The third-order valence-corrected chi connectivity index (χ3v) is 2.78. The van der Waals surface area contributed by atoms with Crippen LogP contribution in [0.15, 0.2) is 22.3 Å². The van der Waals surface area contributed by atoms with Crippen LogP contribution in [0.4, 0.5) is 0 Å². The first-order valence-electron chi connectivity index (χ1n) is 6.79. The predicted octanol–water partition coefficient (Wildman–Crippen LogP) is 6.63. The molecule has 0 bridgehead atoms. The van der Waals surface area contributed by atoms with Crippen LogP contribution in [0, 0.1) is 108 Å². The van der Waals surface area contributed by atoms with E-state index in [4.69, 9.17) is 0 Å². The van der Waals surface area contributed by atoms with Crippen molar-refractivity contribution in [2.24, 2.45) is 0 Å². The zero-order chi connectivity index (χ0) is 16.6. The van der Waals surface area contributed by atoms with Crippen molar-refractivity contribution in [2.45, 2.75) is 62.3 Å². The molecule has 0 N–H and O–H groups in total. The Labute approximate surface area is 271 Å². The zero-order valence-corrected chi connectivity index (χ0v) is 43.0. The number of allylic oxidation sites excluding steroid dienone is 6. The summed E-state index contributed by atoms with van der Waals surface area (Å²) in [5.74, 6) is 0. The Morgan fingerprint density at radius 1 is 0.786 bits per heavy atom. The van der Waals surface area contributed by atoms with E-state index in [0.29, 0.717) is 0 Å². The van der Waals surface area contributed by atoms with Crippen LogP contribution in [0.3, 0.4) is 0 Å². The molecule has 0 aliphatic carbocycles. The molecule has 0 heterocycles. The van der Waals surface area contributed by atoms with Crippen molar-refractivity contribution in [1.82, 2.24) is 0 Å². The summed E-state index contributed by atoms with van der Waals surface area (Å²) in [4.78, 5) is 0. The molecule has 0 aliphatic heterocycles. The van der Waals surface area contributed by atoms with Gasteiger partial charge >= 0.3 is 112 Å². The van der Waals surface area contributed by atoms with E-state index in [-0.39, 0.29) is 138 Å². The molecule has 0 unspecified atom stereocenters. The third kappa shape index (κ3) is 56.7. The summed E-state index contributed by atoms with van der Waals surface area (Å²) < 4.78 is 2.69. The van der Waals surface area contributed by atoms with Crippen molar-refractivity contribution in [3.05, 3.63) is 68.6 Å². The molecule has 0 amide bonds. The van der Waals surface area contributed by atoms with E-state index in [0.717, 1.165) is 0 Å². The summed E-state index contributed by atoms with van der Waals surface area (Å²) in [6.07, 6.45) is 12.4. The molecule has 0 nitrogen and oxygen atoms in total. The van der Waals surface area contributed by atoms with Gasteiger partial charge in [-0.15, -0.1) is 48.5 Å². The summed E-state index contributed by atoms with van der Waals surface area (Å²) in [7, 11) is 0. The quantitative estimate of drug-likeness (QED) is 0.220. The van der Waals surface area contributed by atoms with Gasteiger partial charge in [0.15, 0.2) is 0 Å². The molecule has 0 rings (SSSR count). The van der Waals surface area contributed by atoms with E-state index in [1.165, 1.54) is 22.3 Å². The van der Waals surface area contributed by atoms with Crippen molar-refractivity contribution >= 4 is 4.73 Å². The van der Waals surface area contributed by atoms with Gasteiger partial charge in [0.1, 0.15) is 0 Å². The fraction of sp³-hybridized carbons (Fsp3) is 0.429. The Hall–Kier alpha value is 2.48. The zero-order valence-electron chi connectivity index (χ0n) is 19.7. The maximum Gasteiger partial charge on any atom is 2.00 e. The molecule has 0 spiro atoms. The summed E-state index contributed by atoms with van der Waals surface area (Å²) >= 11 is 2.22. The molecule has 1 radical (unpaired) electrons. The fourth-order valence-corrected chi connectivity index (χ4v) is 0.984. The van der Waals surface area contributed by atoms with Gasteiger partial charge in [0, 0.05) is 39.6 Å². The van der Waals surface area contributed by atoms with Crippen LogP contribution < -0.4 is 0 Å². The minimum Gasteiger partial charge on any atom is -0.470 e. The minimum atomic E-state index is 0. The van der Waals surface area contributed by atoms with E-state index in [1.54, 1.807) is 0 Å². The van der Waals surface area contributed by atoms with Gasteiger partial charge in [0.25, 0.3) is 0 Å². The molecule has 0 fully saturated rings. The van der Waals surface area contributed by atoms with Gasteiger partial charge in [-0.25, -0.2) is 6.92 Å². The SMILES string of the molecule is C[C-]=C(C)C(C)=[C-]C.C[C-]=[V].C[CH-][CH-]C(C)=C(C)[CH-]C.[CH3-].[CH3-].[Rf].[U+2].[U+2].[V].[W+2].[W]. The van der Waals surface area contributed by atoms with Gasteiger partial charge in [-0.3, -0.25) is 0 Å². The van der Waals surface area contributed by atoms with Crippen molar-refractivity contribution in [3.8, 4) is 0 Å². The van der Waals surface area contributed by atoms with Gasteiger partial charge in [0.2, 0.25) is 0 Å². The first kappa shape index (κ1) is 69.8. The molecule has 0 aliphatic rings. The Bertz CT molecular complexity index is 331. The van der Waals surface area contributed by atoms with Crippen LogP contribution in [-0.4, -0.2) is 4.73 Å². The average Bonchev–Trinajstić information content (AvgIpc) is 2.46. The molecule has 28 heavy (non-hydrogen) atoms. The largest absolute Gasteiger partial charge is 2.00 e. The molecule has 0 aromatic heterocycles. The van der Waals surface area contributed by atoms with Gasteiger partial charge in [0.05, 0.1) is 0 Å². The molecule has 0 saturated heterocycles. The van der Waals surface area contributed by atoms with Crippen LogP contribution in [0.2, 0.25) is 0 Å². The molecule has 7 heteroatoms. The number of rotatable bonds is 4. The normalized spacial score (nSPS) is 8.57. The summed E-state index contributed by atoms with van der Waals surface area (Å²) in [5, 5.41) is 0. The molecular weight excluding hydrogens is 1460 g/mol. The van der Waals surface area contributed by atoms with E-state index >= 15 is 0 Å². The van der Waals surface area contributed by atoms with Crippen molar-refractivity contribution in [3.63, 3.8) is 0 Å². The summed E-state index contributed by atoms with van der Waals surface area (Å²) in [6, 6.07) is 0. The second-order valence-corrected chi connectivity index (χ2v) is 4.83. The van der Waals surface area contributed by atoms with Gasteiger partial charge < -0.3 is 68.6 Å². The Kier molecular flexibility index (Phi) is 142. The Morgan fingerprint density at radius 3 is 1.18 bits per heavy atom. The Morgan fingerprint density at radius 2 is 1.04 bits per heavy atom. The maximum atomic E-state index is 3.03. The second kappa shape index (κ2) is 57.0. The van der Waals surface area contributed by atoms with E-state index < -0.39 is 0 Å². The van der Waals surface area contributed by atoms with Crippen molar-refractivity contribution in [1.29, 1.82) is 0 Å². The van der Waals surface area contributed by atoms with E-state index in [2.05, 4.69) is 73.9 Å². The average molecular weight is 1500 g/mol. The molecule has 0 saturated carbocycles. The molecular formula is C21H36RfU2V2W2-2. The van der Waals surface area contributed by atoms with E-state index in [1.807, 2.05) is 41.5 Å². The Balaban J connectivity index is -0.0000000161. The maximum absolute atomic E-state index is 3.03. The molecule has 0 aromatic carbocycles. The van der Waals surface area contributed by atoms with Gasteiger partial charge in [-0.2, -0.15) is 0 Å². The van der Waals surface area contributed by atoms with Crippen molar-refractivity contribution < 1.29 is 140 Å². The molecule has 154 valence electrons. The van der Waals surface area contributed by atoms with Crippen LogP contribution >= 0.6 is 0 Å². The fourth-order valence-electron chi connectivity index (χ4n) is 0.984. The van der Waals surface area contributed by atoms with Crippen LogP contribution in [0.1, 0.15) is 62.3 Å². The summed E-state index contributed by atoms with van der Waals surface area (Å²) in [5.41, 5.74) is 5.08. The predicted molar refractivity (Wildman–Crippen MR) is 102 cm³/mol. The number of hydrogen-bond acceptors (Lipinski definition) is 0. The van der Waals surface area contributed by atoms with Crippen LogP contribution in [-0.2, 0) is 77.7 Å². The van der Waals surface area contributed by atoms with Crippen molar-refractivity contribution in [2.75, 3.05) is 0 Å². The van der Waals surface area contributed by atoms with Crippen LogP contribution in [0.25, 0.3) is 0 Å². The van der Waals surface area contributed by atoms with Crippen LogP contribution in [0.5, 0.6) is 0 Å². The summed E-state index contributed by atoms with van der Waals surface area (Å²) in [6.45, 7) is 18.1. The van der Waals surface area contributed by atoms with E-state index in [9.17, 15) is 0 Å². The molecule has 0 atom stereocenters. The molecule has 0 aromatic rings. The first-order chi connectivity index (χ1) is 9.35. The standard InChI is InChI=1S/C9H15.C8H12.C2H3.2CH3.Rf.2U.2V.2W/c1-5-7-9(4)8(3)6-2;1-5-7(3)8(4)6-2;1-2;;;;;;;;;/h5-7H,1-4H3;1-4H3;1H3;2*1H3;;;;;;;/q-3;-2;3*-1;;2*+2;;;;+2. The van der Waals surface area contributed by atoms with Gasteiger partial charge in [-0.05, 0) is 0 Å².